The third-order valence-corrected chi connectivity index (χ3v) is 8.11. The first kappa shape index (κ1) is 20.6. The lowest BCUT2D eigenvalue weighted by atomic mass is 10.1. The van der Waals surface area contributed by atoms with Gasteiger partial charge in [0, 0.05) is 24.0 Å². The molecular formula is C15H18ClF3N4O2S2. The fourth-order valence-corrected chi connectivity index (χ4v) is 6.63. The van der Waals surface area contributed by atoms with E-state index in [0.717, 1.165) is 30.4 Å². The summed E-state index contributed by atoms with van der Waals surface area (Å²) in [7, 11) is -3.68. The molecule has 4 heterocycles. The van der Waals surface area contributed by atoms with E-state index in [1.165, 1.54) is 10.4 Å². The van der Waals surface area contributed by atoms with Gasteiger partial charge in [-0.15, -0.1) is 23.7 Å². The Morgan fingerprint density at radius 1 is 1.30 bits per heavy atom. The smallest absolute Gasteiger partial charge is 0.312 e. The van der Waals surface area contributed by atoms with Crippen LogP contribution in [-0.4, -0.2) is 48.6 Å². The first-order valence-electron chi connectivity index (χ1n) is 8.13. The molecule has 6 nitrogen and oxygen atoms in total. The normalized spacial score (nSPS) is 23.4. The number of hydrogen-bond donors (Lipinski definition) is 2. The van der Waals surface area contributed by atoms with Gasteiger partial charge in [-0.2, -0.15) is 22.6 Å². The maximum absolute atomic E-state index is 13.0. The van der Waals surface area contributed by atoms with Gasteiger partial charge >= 0.3 is 6.18 Å². The van der Waals surface area contributed by atoms with Gasteiger partial charge < -0.3 is 5.32 Å². The number of nitrogens with one attached hydrogen (secondary N) is 2. The number of hydrogen-bond acceptors (Lipinski definition) is 5. The average Bonchev–Trinajstić information content (AvgIpc) is 3.28. The number of fused-ring (bicyclic) bond motifs is 1. The van der Waals surface area contributed by atoms with Crippen molar-refractivity contribution in [3.8, 4) is 10.6 Å². The molecule has 2 atom stereocenters. The second kappa shape index (κ2) is 7.03. The number of thiophene rings is 1. The number of H-pyrrole nitrogens is 1. The molecule has 0 amide bonds. The molecule has 0 unspecified atom stereocenters. The number of halogens is 4. The molecule has 2 N–H and O–H groups in total. The van der Waals surface area contributed by atoms with Crippen molar-refractivity contribution in [1.82, 2.24) is 19.8 Å². The minimum Gasteiger partial charge on any atom is -0.312 e. The third kappa shape index (κ3) is 3.63. The van der Waals surface area contributed by atoms with Gasteiger partial charge in [-0.05, 0) is 37.9 Å². The summed E-state index contributed by atoms with van der Waals surface area (Å²) in [6.07, 6.45) is -3.56. The van der Waals surface area contributed by atoms with Crippen molar-refractivity contribution in [3.05, 3.63) is 22.7 Å². The monoisotopic (exact) mass is 442 g/mol. The van der Waals surface area contributed by atoms with Crippen molar-refractivity contribution in [1.29, 1.82) is 0 Å². The lowest BCUT2D eigenvalue weighted by Gasteiger charge is -2.17. The summed E-state index contributed by atoms with van der Waals surface area (Å²) >= 11 is 1.13. The molecule has 0 saturated carbocycles. The molecule has 2 aliphatic heterocycles. The van der Waals surface area contributed by atoms with Gasteiger partial charge in [0.1, 0.15) is 11.4 Å². The third-order valence-electron chi connectivity index (χ3n) is 4.95. The molecule has 2 aromatic rings. The summed E-state index contributed by atoms with van der Waals surface area (Å²) in [5.74, 6) is 0.323. The maximum atomic E-state index is 13.0. The van der Waals surface area contributed by atoms with Crippen LogP contribution in [0.3, 0.4) is 0 Å². The van der Waals surface area contributed by atoms with E-state index in [-0.39, 0.29) is 29.0 Å². The molecule has 2 aliphatic rings. The predicted octanol–water partition coefficient (Wildman–Crippen LogP) is 2.87. The van der Waals surface area contributed by atoms with Crippen LogP contribution < -0.4 is 5.32 Å². The van der Waals surface area contributed by atoms with Crippen LogP contribution in [0.1, 0.15) is 17.0 Å². The Labute approximate surface area is 164 Å². The second-order valence-corrected chi connectivity index (χ2v) is 9.79. The van der Waals surface area contributed by atoms with Gasteiger partial charge in [-0.3, -0.25) is 5.10 Å². The molecule has 27 heavy (non-hydrogen) atoms. The van der Waals surface area contributed by atoms with Gasteiger partial charge in [0.25, 0.3) is 0 Å². The number of aromatic amines is 1. The SMILES string of the molecule is Cc1sc(-c2cc(C(F)(F)F)[nH]n2)cc1S(=O)(=O)N1C[C@@H]2CCN[C@@H]2C1.Cl. The largest absolute Gasteiger partial charge is 0.432 e. The first-order chi connectivity index (χ1) is 12.2. The number of sulfonamides is 1. The van der Waals surface area contributed by atoms with Crippen molar-refractivity contribution in [2.24, 2.45) is 5.92 Å². The number of nitrogens with zero attached hydrogens (tertiary/aromatic N) is 2. The first-order valence-corrected chi connectivity index (χ1v) is 10.4. The Bertz CT molecular complexity index is 929. The zero-order valence-electron chi connectivity index (χ0n) is 14.2. The molecule has 0 radical (unpaired) electrons. The summed E-state index contributed by atoms with van der Waals surface area (Å²) in [5.41, 5.74) is -0.867. The molecule has 2 saturated heterocycles. The highest BCUT2D eigenvalue weighted by Crippen LogP contribution is 2.38. The second-order valence-electron chi connectivity index (χ2n) is 6.63. The van der Waals surface area contributed by atoms with E-state index in [2.05, 4.69) is 10.4 Å². The van der Waals surface area contributed by atoms with E-state index >= 15 is 0 Å². The molecule has 2 aromatic heterocycles. The highest BCUT2D eigenvalue weighted by molar-refractivity contribution is 7.89. The van der Waals surface area contributed by atoms with Crippen LogP contribution in [0.5, 0.6) is 0 Å². The van der Waals surface area contributed by atoms with Crippen LogP contribution in [0.4, 0.5) is 13.2 Å². The lowest BCUT2D eigenvalue weighted by Crippen LogP contribution is -2.34. The molecule has 2 fully saturated rings. The van der Waals surface area contributed by atoms with Crippen LogP contribution >= 0.6 is 23.7 Å². The van der Waals surface area contributed by atoms with E-state index in [1.54, 1.807) is 6.92 Å². The van der Waals surface area contributed by atoms with E-state index in [1.807, 2.05) is 5.10 Å². The molecule has 4 rings (SSSR count). The lowest BCUT2D eigenvalue weighted by molar-refractivity contribution is -0.141. The zero-order chi connectivity index (χ0) is 18.7. The number of aryl methyl sites for hydroxylation is 1. The van der Waals surface area contributed by atoms with Crippen molar-refractivity contribution in [2.75, 3.05) is 19.6 Å². The van der Waals surface area contributed by atoms with Gasteiger partial charge in [-0.1, -0.05) is 0 Å². The van der Waals surface area contributed by atoms with E-state index in [9.17, 15) is 21.6 Å². The standard InChI is InChI=1S/C15H17F3N4O2S2.ClH/c1-8-13(26(23,24)22-6-9-2-3-19-11(9)7-22)5-12(25-8)10-4-14(21-20-10)15(16,17)18;/h4-5,9,11,19H,2-3,6-7H2,1H3,(H,20,21);1H/t9-,11+;/m0./s1. The van der Waals surface area contributed by atoms with Crippen LogP contribution in [0.25, 0.3) is 10.6 Å². The number of rotatable bonds is 3. The molecule has 0 aromatic carbocycles. The van der Waals surface area contributed by atoms with Crippen molar-refractivity contribution >= 4 is 33.8 Å². The van der Waals surface area contributed by atoms with E-state index in [4.69, 9.17) is 0 Å². The van der Waals surface area contributed by atoms with Crippen molar-refractivity contribution < 1.29 is 21.6 Å². The van der Waals surface area contributed by atoms with Crippen molar-refractivity contribution in [3.63, 3.8) is 0 Å². The topological polar surface area (TPSA) is 78.1 Å². The minimum atomic E-state index is -4.52. The fourth-order valence-electron chi connectivity index (χ4n) is 3.59. The van der Waals surface area contributed by atoms with Crippen LogP contribution in [0.2, 0.25) is 0 Å². The number of aromatic nitrogens is 2. The van der Waals surface area contributed by atoms with Gasteiger partial charge in [-0.25, -0.2) is 8.42 Å². The van der Waals surface area contributed by atoms with Gasteiger partial charge in [0.2, 0.25) is 10.0 Å². The molecule has 0 bridgehead atoms. The maximum Gasteiger partial charge on any atom is 0.432 e. The molecule has 150 valence electrons. The highest BCUT2D eigenvalue weighted by atomic mass is 35.5. The van der Waals surface area contributed by atoms with Crippen LogP contribution in [0.15, 0.2) is 17.0 Å². The molecule has 0 spiro atoms. The Kier molecular flexibility index (Phi) is 5.36. The summed E-state index contributed by atoms with van der Waals surface area (Å²) in [5, 5.41) is 8.95. The van der Waals surface area contributed by atoms with Crippen LogP contribution in [-0.2, 0) is 16.2 Å². The van der Waals surface area contributed by atoms with E-state index in [0.29, 0.717) is 28.8 Å². The zero-order valence-corrected chi connectivity index (χ0v) is 16.7. The molecule has 12 heteroatoms. The average molecular weight is 443 g/mol. The van der Waals surface area contributed by atoms with Gasteiger partial charge in [0.15, 0.2) is 0 Å². The summed E-state index contributed by atoms with van der Waals surface area (Å²) in [4.78, 5) is 1.08. The number of alkyl halides is 3. The van der Waals surface area contributed by atoms with E-state index < -0.39 is 21.9 Å². The summed E-state index contributed by atoms with van der Waals surface area (Å²) in [6.45, 7) is 3.47. The highest BCUT2D eigenvalue weighted by Gasteiger charge is 2.42. The predicted molar refractivity (Wildman–Crippen MR) is 97.5 cm³/mol. The Morgan fingerprint density at radius 2 is 2.04 bits per heavy atom. The van der Waals surface area contributed by atoms with Gasteiger partial charge in [0.05, 0.1) is 9.77 Å². The van der Waals surface area contributed by atoms with Crippen molar-refractivity contribution in [2.45, 2.75) is 30.5 Å². The quantitative estimate of drug-likeness (QED) is 0.766. The molecular weight excluding hydrogens is 425 g/mol. The Morgan fingerprint density at radius 3 is 2.67 bits per heavy atom. The minimum absolute atomic E-state index is 0. The van der Waals surface area contributed by atoms with Crippen LogP contribution in [0, 0.1) is 12.8 Å². The summed E-state index contributed by atoms with van der Waals surface area (Å²) in [6, 6.07) is 2.50. The fraction of sp³-hybridized carbons (Fsp3) is 0.533. The Balaban J connectivity index is 0.00000210. The molecule has 0 aliphatic carbocycles. The summed E-state index contributed by atoms with van der Waals surface area (Å²) < 4.78 is 65.6. The Hall–Kier alpha value is -1.14.